The van der Waals surface area contributed by atoms with Crippen LogP contribution in [0.4, 0.5) is 5.69 Å². The first-order valence-corrected chi connectivity index (χ1v) is 8.20. The van der Waals surface area contributed by atoms with Crippen LogP contribution in [0.15, 0.2) is 35.2 Å². The van der Waals surface area contributed by atoms with E-state index in [9.17, 15) is 13.5 Å². The number of anilines is 1. The van der Waals surface area contributed by atoms with E-state index in [0.717, 1.165) is 16.7 Å². The second-order valence-electron chi connectivity index (χ2n) is 5.17. The van der Waals surface area contributed by atoms with Gasteiger partial charge in [0.05, 0.1) is 17.7 Å². The molecule has 22 heavy (non-hydrogen) atoms. The standard InChI is InChI=1S/C16H19NO4S/c1-10-7-14(8-11(2)12(10)3)22(19,20)17-13-5-6-16(21-4)15(18)9-13/h5-9,17-18H,1-4H3. The zero-order valence-electron chi connectivity index (χ0n) is 13.0. The van der Waals surface area contributed by atoms with Crippen LogP contribution in [0.5, 0.6) is 11.5 Å². The highest BCUT2D eigenvalue weighted by molar-refractivity contribution is 7.92. The number of rotatable bonds is 4. The topological polar surface area (TPSA) is 75.6 Å². The summed E-state index contributed by atoms with van der Waals surface area (Å²) in [7, 11) is -2.29. The van der Waals surface area contributed by atoms with Gasteiger partial charge in [0.15, 0.2) is 11.5 Å². The number of aryl methyl sites for hydroxylation is 2. The summed E-state index contributed by atoms with van der Waals surface area (Å²) < 4.78 is 32.3. The van der Waals surface area contributed by atoms with Gasteiger partial charge in [-0.05, 0) is 61.7 Å². The number of hydrogen-bond donors (Lipinski definition) is 2. The second kappa shape index (κ2) is 5.88. The first-order valence-electron chi connectivity index (χ1n) is 6.72. The number of hydrogen-bond acceptors (Lipinski definition) is 4. The van der Waals surface area contributed by atoms with E-state index in [1.807, 2.05) is 20.8 Å². The van der Waals surface area contributed by atoms with Crippen molar-refractivity contribution in [2.24, 2.45) is 0 Å². The molecule has 5 nitrogen and oxygen atoms in total. The number of sulfonamides is 1. The van der Waals surface area contributed by atoms with Crippen LogP contribution in [0.2, 0.25) is 0 Å². The lowest BCUT2D eigenvalue weighted by Crippen LogP contribution is -2.13. The van der Waals surface area contributed by atoms with E-state index in [-0.39, 0.29) is 22.1 Å². The Morgan fingerprint density at radius 1 is 1.05 bits per heavy atom. The van der Waals surface area contributed by atoms with Gasteiger partial charge in [-0.2, -0.15) is 0 Å². The van der Waals surface area contributed by atoms with Gasteiger partial charge in [-0.25, -0.2) is 8.42 Å². The fourth-order valence-corrected chi connectivity index (χ4v) is 3.34. The fourth-order valence-electron chi connectivity index (χ4n) is 2.12. The Hall–Kier alpha value is -2.21. The highest BCUT2D eigenvalue weighted by atomic mass is 32.2. The molecule has 0 aromatic heterocycles. The number of methoxy groups -OCH3 is 1. The van der Waals surface area contributed by atoms with Crippen molar-refractivity contribution in [2.75, 3.05) is 11.8 Å². The molecule has 0 saturated carbocycles. The molecule has 0 aliphatic rings. The third kappa shape index (κ3) is 3.17. The Bertz CT molecular complexity index is 790. The molecular weight excluding hydrogens is 302 g/mol. The summed E-state index contributed by atoms with van der Waals surface area (Å²) in [6, 6.07) is 7.61. The smallest absolute Gasteiger partial charge is 0.261 e. The molecule has 0 atom stereocenters. The molecule has 118 valence electrons. The molecule has 0 spiro atoms. The lowest BCUT2D eigenvalue weighted by molar-refractivity contribution is 0.373. The maximum absolute atomic E-state index is 12.5. The molecule has 0 radical (unpaired) electrons. The number of ether oxygens (including phenoxy) is 1. The largest absolute Gasteiger partial charge is 0.504 e. The molecule has 2 N–H and O–H groups in total. The molecule has 0 unspecified atom stereocenters. The Morgan fingerprint density at radius 3 is 2.14 bits per heavy atom. The van der Waals surface area contributed by atoms with Crippen molar-refractivity contribution in [1.82, 2.24) is 0 Å². The number of benzene rings is 2. The number of phenols is 1. The van der Waals surface area contributed by atoms with E-state index in [1.54, 1.807) is 12.1 Å². The van der Waals surface area contributed by atoms with Crippen molar-refractivity contribution < 1.29 is 18.3 Å². The van der Waals surface area contributed by atoms with Gasteiger partial charge in [0.1, 0.15) is 0 Å². The Kier molecular flexibility index (Phi) is 4.32. The SMILES string of the molecule is COc1ccc(NS(=O)(=O)c2cc(C)c(C)c(C)c2)cc1O. The van der Waals surface area contributed by atoms with Gasteiger partial charge in [0.2, 0.25) is 0 Å². The Balaban J connectivity index is 2.38. The third-order valence-corrected chi connectivity index (χ3v) is 5.00. The van der Waals surface area contributed by atoms with Gasteiger partial charge in [-0.3, -0.25) is 4.72 Å². The average Bonchev–Trinajstić information content (AvgIpc) is 2.44. The lowest BCUT2D eigenvalue weighted by Gasteiger charge is -2.12. The van der Waals surface area contributed by atoms with Crippen molar-refractivity contribution in [3.8, 4) is 11.5 Å². The van der Waals surface area contributed by atoms with Crippen molar-refractivity contribution >= 4 is 15.7 Å². The van der Waals surface area contributed by atoms with E-state index < -0.39 is 10.0 Å². The maximum atomic E-state index is 12.5. The highest BCUT2D eigenvalue weighted by Crippen LogP contribution is 2.30. The summed E-state index contributed by atoms with van der Waals surface area (Å²) in [6.45, 7) is 5.71. The molecular formula is C16H19NO4S. The molecule has 0 heterocycles. The summed E-state index contributed by atoms with van der Waals surface area (Å²) in [6.07, 6.45) is 0. The molecule has 6 heteroatoms. The van der Waals surface area contributed by atoms with Gasteiger partial charge in [-0.1, -0.05) is 0 Å². The van der Waals surface area contributed by atoms with E-state index >= 15 is 0 Å². The van der Waals surface area contributed by atoms with Crippen LogP contribution in [0.1, 0.15) is 16.7 Å². The minimum Gasteiger partial charge on any atom is -0.504 e. The zero-order valence-corrected chi connectivity index (χ0v) is 13.8. The molecule has 0 bridgehead atoms. The monoisotopic (exact) mass is 321 g/mol. The van der Waals surface area contributed by atoms with Crippen LogP contribution in [-0.4, -0.2) is 20.6 Å². The molecule has 0 aliphatic carbocycles. The Labute approximate surface area is 130 Å². The zero-order chi connectivity index (χ0) is 16.5. The highest BCUT2D eigenvalue weighted by Gasteiger charge is 2.17. The molecule has 0 amide bonds. The van der Waals surface area contributed by atoms with Crippen LogP contribution in [0.3, 0.4) is 0 Å². The van der Waals surface area contributed by atoms with Crippen LogP contribution >= 0.6 is 0 Å². The van der Waals surface area contributed by atoms with E-state index in [4.69, 9.17) is 4.74 Å². The first kappa shape index (κ1) is 16.2. The van der Waals surface area contributed by atoms with Crippen molar-refractivity contribution in [3.63, 3.8) is 0 Å². The summed E-state index contributed by atoms with van der Waals surface area (Å²) in [5.74, 6) is 0.156. The summed E-state index contributed by atoms with van der Waals surface area (Å²) in [4.78, 5) is 0.198. The number of aromatic hydroxyl groups is 1. The van der Waals surface area contributed by atoms with E-state index in [0.29, 0.717) is 0 Å². The van der Waals surface area contributed by atoms with Gasteiger partial charge in [-0.15, -0.1) is 0 Å². The van der Waals surface area contributed by atoms with Crippen LogP contribution in [-0.2, 0) is 10.0 Å². The predicted molar refractivity (Wildman–Crippen MR) is 86.1 cm³/mol. The molecule has 0 aliphatic heterocycles. The quantitative estimate of drug-likeness (QED) is 0.907. The first-order chi connectivity index (χ1) is 10.2. The van der Waals surface area contributed by atoms with Crippen LogP contribution < -0.4 is 9.46 Å². The molecule has 2 rings (SSSR count). The van der Waals surface area contributed by atoms with Crippen molar-refractivity contribution in [2.45, 2.75) is 25.7 Å². The average molecular weight is 321 g/mol. The van der Waals surface area contributed by atoms with E-state index in [1.165, 1.54) is 25.3 Å². The molecule has 2 aromatic rings. The minimum atomic E-state index is -3.71. The van der Waals surface area contributed by atoms with Crippen LogP contribution in [0, 0.1) is 20.8 Å². The van der Waals surface area contributed by atoms with Gasteiger partial charge < -0.3 is 9.84 Å². The normalized spacial score (nSPS) is 11.3. The fraction of sp³-hybridized carbons (Fsp3) is 0.250. The summed E-state index contributed by atoms with van der Waals surface area (Å²) in [5, 5.41) is 9.72. The van der Waals surface area contributed by atoms with Gasteiger partial charge >= 0.3 is 0 Å². The molecule has 0 fully saturated rings. The maximum Gasteiger partial charge on any atom is 0.261 e. The Morgan fingerprint density at radius 2 is 1.64 bits per heavy atom. The van der Waals surface area contributed by atoms with Gasteiger partial charge in [0, 0.05) is 6.07 Å². The number of nitrogens with one attached hydrogen (secondary N) is 1. The summed E-state index contributed by atoms with van der Waals surface area (Å²) >= 11 is 0. The van der Waals surface area contributed by atoms with E-state index in [2.05, 4.69) is 4.72 Å². The molecule has 0 saturated heterocycles. The summed E-state index contributed by atoms with van der Waals surface area (Å²) in [5.41, 5.74) is 3.17. The minimum absolute atomic E-state index is 0.126. The van der Waals surface area contributed by atoms with Crippen LogP contribution in [0.25, 0.3) is 0 Å². The van der Waals surface area contributed by atoms with Crippen molar-refractivity contribution in [1.29, 1.82) is 0 Å². The number of phenolic OH excluding ortho intramolecular Hbond substituents is 1. The predicted octanol–water partition coefficient (Wildman–Crippen LogP) is 3.13. The molecule has 2 aromatic carbocycles. The van der Waals surface area contributed by atoms with Crippen molar-refractivity contribution in [3.05, 3.63) is 47.0 Å². The third-order valence-electron chi connectivity index (χ3n) is 3.64. The van der Waals surface area contributed by atoms with Gasteiger partial charge in [0.25, 0.3) is 10.0 Å². The second-order valence-corrected chi connectivity index (χ2v) is 6.86. The lowest BCUT2D eigenvalue weighted by atomic mass is 10.1.